The van der Waals surface area contributed by atoms with E-state index in [0.717, 1.165) is 23.1 Å². The van der Waals surface area contributed by atoms with E-state index in [1.165, 1.54) is 0 Å². The van der Waals surface area contributed by atoms with Gasteiger partial charge in [-0.3, -0.25) is 29.4 Å². The average Bonchev–Trinajstić information content (AvgIpc) is 2.69. The molecule has 0 spiro atoms. The van der Waals surface area contributed by atoms with Gasteiger partial charge in [-0.2, -0.15) is 8.42 Å². The van der Waals surface area contributed by atoms with Crippen LogP contribution in [0.5, 0.6) is 0 Å². The van der Waals surface area contributed by atoms with E-state index in [1.54, 1.807) is 0 Å². The van der Waals surface area contributed by atoms with Gasteiger partial charge in [0.1, 0.15) is 5.54 Å². The van der Waals surface area contributed by atoms with Crippen molar-refractivity contribution in [2.75, 3.05) is 0 Å². The molecule has 0 unspecified atom stereocenters. The third-order valence-electron chi connectivity index (χ3n) is 4.77. The summed E-state index contributed by atoms with van der Waals surface area (Å²) < 4.78 is 35.1. The van der Waals surface area contributed by atoms with Gasteiger partial charge in [0, 0.05) is 5.92 Å². The molecular formula is C15H13FN2O6S. The zero-order valence-corrected chi connectivity index (χ0v) is 12.7. The molecule has 2 bridgehead atoms. The molecule has 1 aromatic rings. The number of amides is 4. The number of fused-ring (bicyclic) bond motifs is 3. The summed E-state index contributed by atoms with van der Waals surface area (Å²) >= 11 is 0. The predicted molar refractivity (Wildman–Crippen MR) is 80.6 cm³/mol. The first kappa shape index (κ1) is 17.2. The summed E-state index contributed by atoms with van der Waals surface area (Å²) in [6.07, 6.45) is 0.0782. The fraction of sp³-hybridized carbons (Fsp3) is 0.333. The Morgan fingerprint density at radius 3 is 2.24 bits per heavy atom. The van der Waals surface area contributed by atoms with E-state index >= 15 is 0 Å². The first-order valence-corrected chi connectivity index (χ1v) is 8.36. The van der Waals surface area contributed by atoms with Crippen molar-refractivity contribution >= 4 is 33.9 Å². The van der Waals surface area contributed by atoms with E-state index in [9.17, 15) is 31.5 Å². The van der Waals surface area contributed by atoms with Gasteiger partial charge in [-0.15, -0.1) is 3.89 Å². The second-order valence-corrected chi connectivity index (χ2v) is 7.39. The van der Waals surface area contributed by atoms with Crippen molar-refractivity contribution in [2.45, 2.75) is 30.7 Å². The fourth-order valence-corrected chi connectivity index (χ4v) is 3.99. The number of nitrogens with one attached hydrogen (secondary N) is 1. The lowest BCUT2D eigenvalue weighted by molar-refractivity contribution is -0.158. The largest absolute Gasteiger partial charge is 0.332 e. The van der Waals surface area contributed by atoms with Crippen LogP contribution in [0.4, 0.5) is 3.89 Å². The Labute approximate surface area is 142 Å². The van der Waals surface area contributed by atoms with Crippen molar-refractivity contribution in [1.82, 2.24) is 10.2 Å². The molecule has 0 radical (unpaired) electrons. The molecule has 4 aliphatic rings. The third kappa shape index (κ3) is 2.06. The number of hydrogen-bond acceptors (Lipinski definition) is 6. The van der Waals surface area contributed by atoms with Crippen molar-refractivity contribution in [3.8, 4) is 0 Å². The Bertz CT molecular complexity index is 964. The Balaban J connectivity index is 0.00000182. The highest BCUT2D eigenvalue weighted by atomic mass is 32.3. The lowest BCUT2D eigenvalue weighted by Crippen LogP contribution is -2.74. The third-order valence-corrected chi connectivity index (χ3v) is 5.58. The smallest absolute Gasteiger partial charge is 0.294 e. The van der Waals surface area contributed by atoms with Gasteiger partial charge in [0.2, 0.25) is 5.91 Å². The minimum atomic E-state index is -5.04. The molecule has 132 valence electrons. The van der Waals surface area contributed by atoms with E-state index in [2.05, 4.69) is 5.32 Å². The summed E-state index contributed by atoms with van der Waals surface area (Å²) in [4.78, 5) is 48.8. The van der Waals surface area contributed by atoms with Crippen LogP contribution < -0.4 is 5.32 Å². The molecule has 3 aliphatic heterocycles. The Morgan fingerprint density at radius 1 is 1.08 bits per heavy atom. The highest BCUT2D eigenvalue weighted by Crippen LogP contribution is 2.48. The van der Waals surface area contributed by atoms with Crippen LogP contribution >= 0.6 is 0 Å². The standard InChI is InChI=1S/C14H9FN2O6S.CH4/c15-24(22,23)7-1-2-8-9(3-7)12(20)17(11(8)19)14-4-6(5-14)10(18)16-13(14)21;/h1-3,6H,4-5H2,(H,16,18,21);1H4. The minimum absolute atomic E-state index is 0. The molecule has 1 saturated carbocycles. The highest BCUT2D eigenvalue weighted by molar-refractivity contribution is 7.86. The van der Waals surface area contributed by atoms with Crippen LogP contribution in [0.25, 0.3) is 0 Å². The first-order chi connectivity index (χ1) is 11.1. The Hall–Kier alpha value is -2.62. The Morgan fingerprint density at radius 2 is 1.68 bits per heavy atom. The van der Waals surface area contributed by atoms with Gasteiger partial charge >= 0.3 is 10.2 Å². The highest BCUT2D eigenvalue weighted by Gasteiger charge is 2.65. The molecule has 0 atom stereocenters. The first-order valence-electron chi connectivity index (χ1n) is 6.98. The summed E-state index contributed by atoms with van der Waals surface area (Å²) in [6, 6.07) is 2.71. The number of carbonyl (C=O) groups excluding carboxylic acids is 4. The van der Waals surface area contributed by atoms with E-state index in [1.807, 2.05) is 0 Å². The molecule has 3 fully saturated rings. The normalized spacial score (nSPS) is 27.4. The van der Waals surface area contributed by atoms with Crippen molar-refractivity contribution in [2.24, 2.45) is 5.92 Å². The number of piperidine rings is 2. The second-order valence-electron chi connectivity index (χ2n) is 6.05. The summed E-state index contributed by atoms with van der Waals surface area (Å²) in [5, 5.41) is 2.12. The number of carbonyl (C=O) groups is 4. The van der Waals surface area contributed by atoms with Gasteiger partial charge in [0.25, 0.3) is 17.7 Å². The molecule has 4 amide bonds. The molecule has 5 rings (SSSR count). The molecule has 3 heterocycles. The average molecular weight is 368 g/mol. The monoisotopic (exact) mass is 368 g/mol. The van der Waals surface area contributed by atoms with Gasteiger partial charge in [-0.05, 0) is 31.0 Å². The van der Waals surface area contributed by atoms with Crippen LogP contribution in [0.15, 0.2) is 23.1 Å². The number of halogens is 1. The SMILES string of the molecule is C.O=C1NC(=O)C2(N3C(=O)c4ccc(S(=O)(=O)F)cc4C3=O)CC1C2. The molecule has 10 heteroatoms. The van der Waals surface area contributed by atoms with Crippen molar-refractivity contribution in [3.05, 3.63) is 29.3 Å². The quantitative estimate of drug-likeness (QED) is 0.596. The molecule has 1 aromatic carbocycles. The van der Waals surface area contributed by atoms with Crippen LogP contribution in [-0.4, -0.2) is 42.5 Å². The zero-order valence-electron chi connectivity index (χ0n) is 11.9. The van der Waals surface area contributed by atoms with Crippen molar-refractivity contribution < 1.29 is 31.5 Å². The second kappa shape index (κ2) is 4.94. The minimum Gasteiger partial charge on any atom is -0.294 e. The lowest BCUT2D eigenvalue weighted by Gasteiger charge is -2.52. The fourth-order valence-electron chi connectivity index (χ4n) is 3.50. The molecule has 2 saturated heterocycles. The molecule has 1 aliphatic carbocycles. The zero-order chi connectivity index (χ0) is 17.4. The molecule has 25 heavy (non-hydrogen) atoms. The van der Waals surface area contributed by atoms with Gasteiger partial charge in [-0.25, -0.2) is 0 Å². The summed E-state index contributed by atoms with van der Waals surface area (Å²) in [5.41, 5.74) is -1.82. The number of imide groups is 2. The van der Waals surface area contributed by atoms with Gasteiger partial charge in [0.15, 0.2) is 0 Å². The van der Waals surface area contributed by atoms with E-state index in [4.69, 9.17) is 0 Å². The maximum Gasteiger partial charge on any atom is 0.332 e. The maximum absolute atomic E-state index is 13.1. The number of nitrogens with zero attached hydrogens (tertiary/aromatic N) is 1. The molecule has 0 aromatic heterocycles. The number of benzene rings is 1. The van der Waals surface area contributed by atoms with Crippen molar-refractivity contribution in [3.63, 3.8) is 0 Å². The molecule has 1 N–H and O–H groups in total. The van der Waals surface area contributed by atoms with Gasteiger partial charge in [-0.1, -0.05) is 7.43 Å². The lowest BCUT2D eigenvalue weighted by atomic mass is 9.63. The van der Waals surface area contributed by atoms with Crippen LogP contribution in [0.1, 0.15) is 41.0 Å². The summed E-state index contributed by atoms with van der Waals surface area (Å²) in [5.74, 6) is -3.26. The number of hydrogen-bond donors (Lipinski definition) is 1. The van der Waals surface area contributed by atoms with Crippen LogP contribution in [0, 0.1) is 5.92 Å². The van der Waals surface area contributed by atoms with Crippen molar-refractivity contribution in [1.29, 1.82) is 0 Å². The van der Waals surface area contributed by atoms with E-state index < -0.39 is 50.2 Å². The molecular weight excluding hydrogens is 355 g/mol. The topological polar surface area (TPSA) is 118 Å². The Kier molecular flexibility index (Phi) is 3.40. The maximum atomic E-state index is 13.1. The summed E-state index contributed by atoms with van der Waals surface area (Å²) in [7, 11) is -5.04. The van der Waals surface area contributed by atoms with Crippen LogP contribution in [0.3, 0.4) is 0 Å². The van der Waals surface area contributed by atoms with E-state index in [-0.39, 0.29) is 31.4 Å². The number of rotatable bonds is 2. The van der Waals surface area contributed by atoms with Crippen LogP contribution in [-0.2, 0) is 19.8 Å². The summed E-state index contributed by atoms with van der Waals surface area (Å²) in [6.45, 7) is 0. The predicted octanol–water partition coefficient (Wildman–Crippen LogP) is 0.382. The van der Waals surface area contributed by atoms with Gasteiger partial charge < -0.3 is 0 Å². The van der Waals surface area contributed by atoms with E-state index in [0.29, 0.717) is 0 Å². The van der Waals surface area contributed by atoms with Crippen LogP contribution in [0.2, 0.25) is 0 Å². The van der Waals surface area contributed by atoms with Gasteiger partial charge in [0.05, 0.1) is 16.0 Å². The molecule has 8 nitrogen and oxygen atoms in total.